The molecule has 0 aliphatic heterocycles. The van der Waals surface area contributed by atoms with Gasteiger partial charge in [-0.15, -0.1) is 11.6 Å². The van der Waals surface area contributed by atoms with Crippen LogP contribution in [0.5, 0.6) is 0 Å². The van der Waals surface area contributed by atoms with E-state index in [1.54, 1.807) is 24.3 Å². The highest BCUT2D eigenvalue weighted by Gasteiger charge is 2.11. The van der Waals surface area contributed by atoms with Crippen molar-refractivity contribution in [2.45, 2.75) is 10.8 Å². The van der Waals surface area contributed by atoms with Gasteiger partial charge in [0.15, 0.2) is 0 Å². The second-order valence-electron chi connectivity index (χ2n) is 4.09. The number of rotatable bonds is 4. The molecule has 1 heterocycles. The highest BCUT2D eigenvalue weighted by atomic mass is 35.5. The van der Waals surface area contributed by atoms with Crippen molar-refractivity contribution in [2.24, 2.45) is 0 Å². The Kier molecular flexibility index (Phi) is 4.27. The third kappa shape index (κ3) is 2.92. The van der Waals surface area contributed by atoms with Gasteiger partial charge < -0.3 is 4.98 Å². The van der Waals surface area contributed by atoms with Gasteiger partial charge in [0.05, 0.1) is 10.8 Å². The first-order chi connectivity index (χ1) is 9.47. The summed E-state index contributed by atoms with van der Waals surface area (Å²) in [6.45, 7) is 0. The number of benzene rings is 1. The molecule has 5 nitrogen and oxygen atoms in total. The summed E-state index contributed by atoms with van der Waals surface area (Å²) in [7, 11) is -2.10. The van der Waals surface area contributed by atoms with Crippen LogP contribution < -0.4 is 10.3 Å². The topological polar surface area (TPSA) is 79.0 Å². The van der Waals surface area contributed by atoms with Crippen LogP contribution in [0.15, 0.2) is 46.1 Å². The first kappa shape index (κ1) is 14.8. The normalized spacial score (nSPS) is 11.5. The van der Waals surface area contributed by atoms with E-state index in [9.17, 15) is 13.2 Å². The third-order valence-electron chi connectivity index (χ3n) is 2.88. The molecule has 0 spiro atoms. The summed E-state index contributed by atoms with van der Waals surface area (Å²) in [6.07, 6.45) is 0. The van der Waals surface area contributed by atoms with Crippen LogP contribution in [0.1, 0.15) is 5.56 Å². The maximum absolute atomic E-state index is 11.7. The Labute approximate surface area is 121 Å². The fraction of sp³-hybridized carbons (Fsp3) is 0.154. The second kappa shape index (κ2) is 5.78. The lowest BCUT2D eigenvalue weighted by Gasteiger charge is -2.05. The van der Waals surface area contributed by atoms with Crippen LogP contribution in [0.3, 0.4) is 0 Å². The van der Waals surface area contributed by atoms with Crippen molar-refractivity contribution in [3.8, 4) is 11.3 Å². The fourth-order valence-electron chi connectivity index (χ4n) is 1.71. The van der Waals surface area contributed by atoms with Gasteiger partial charge in [0, 0.05) is 11.3 Å². The number of pyridine rings is 1. The van der Waals surface area contributed by atoms with Gasteiger partial charge in [0.25, 0.3) is 5.56 Å². The number of nitrogens with one attached hydrogen (secondary N) is 2. The molecular weight excluding hydrogens is 300 g/mol. The molecule has 0 unspecified atom stereocenters. The van der Waals surface area contributed by atoms with Crippen molar-refractivity contribution in [3.63, 3.8) is 0 Å². The molecule has 0 amide bonds. The first-order valence-corrected chi connectivity index (χ1v) is 7.82. The Morgan fingerprint density at radius 3 is 2.30 bits per heavy atom. The molecule has 1 aromatic carbocycles. The molecule has 0 saturated heterocycles. The van der Waals surface area contributed by atoms with Crippen LogP contribution >= 0.6 is 11.6 Å². The second-order valence-corrected chi connectivity index (χ2v) is 6.25. The van der Waals surface area contributed by atoms with Crippen LogP contribution in [0.25, 0.3) is 11.3 Å². The number of aromatic amines is 1. The van der Waals surface area contributed by atoms with Gasteiger partial charge in [-0.25, -0.2) is 13.1 Å². The minimum absolute atomic E-state index is 0.148. The van der Waals surface area contributed by atoms with E-state index in [2.05, 4.69) is 9.71 Å². The number of aromatic nitrogens is 1. The van der Waals surface area contributed by atoms with E-state index in [1.807, 2.05) is 0 Å². The smallest absolute Gasteiger partial charge is 0.252 e. The molecule has 20 heavy (non-hydrogen) atoms. The molecule has 0 saturated carbocycles. The van der Waals surface area contributed by atoms with Gasteiger partial charge in [-0.3, -0.25) is 4.79 Å². The van der Waals surface area contributed by atoms with Crippen LogP contribution in [0.4, 0.5) is 0 Å². The predicted molar refractivity (Wildman–Crippen MR) is 78.3 cm³/mol. The third-order valence-corrected chi connectivity index (χ3v) is 4.60. The molecule has 0 radical (unpaired) electrons. The number of sulfonamides is 1. The quantitative estimate of drug-likeness (QED) is 0.843. The van der Waals surface area contributed by atoms with Crippen molar-refractivity contribution in [1.29, 1.82) is 0 Å². The lowest BCUT2D eigenvalue weighted by molar-refractivity contribution is 0.588. The lowest BCUT2D eigenvalue weighted by atomic mass is 10.1. The maximum Gasteiger partial charge on any atom is 0.252 e. The SMILES string of the molecule is CNS(=O)(=O)c1ccc(-c2ccc(CCl)c(=O)[nH]2)cc1. The largest absolute Gasteiger partial charge is 0.322 e. The Morgan fingerprint density at radius 1 is 1.15 bits per heavy atom. The van der Waals surface area contributed by atoms with Crippen molar-refractivity contribution < 1.29 is 8.42 Å². The fourth-order valence-corrected chi connectivity index (χ4v) is 2.65. The van der Waals surface area contributed by atoms with Gasteiger partial charge in [-0.05, 0) is 30.8 Å². The van der Waals surface area contributed by atoms with Gasteiger partial charge in [0.1, 0.15) is 0 Å². The monoisotopic (exact) mass is 312 g/mol. The van der Waals surface area contributed by atoms with E-state index in [1.165, 1.54) is 19.2 Å². The van der Waals surface area contributed by atoms with E-state index in [-0.39, 0.29) is 16.3 Å². The van der Waals surface area contributed by atoms with Gasteiger partial charge in [-0.1, -0.05) is 18.2 Å². The van der Waals surface area contributed by atoms with Crippen molar-refractivity contribution >= 4 is 21.6 Å². The number of H-pyrrole nitrogens is 1. The number of halogens is 1. The summed E-state index contributed by atoms with van der Waals surface area (Å²) in [5.74, 6) is 0.148. The summed E-state index contributed by atoms with van der Waals surface area (Å²) in [5.41, 5.74) is 1.57. The van der Waals surface area contributed by atoms with Crippen LogP contribution in [0, 0.1) is 0 Å². The van der Waals surface area contributed by atoms with Crippen molar-refractivity contribution in [1.82, 2.24) is 9.71 Å². The molecule has 0 atom stereocenters. The first-order valence-electron chi connectivity index (χ1n) is 5.80. The maximum atomic E-state index is 11.7. The zero-order valence-electron chi connectivity index (χ0n) is 10.7. The minimum atomic E-state index is -3.46. The Bertz CT molecular complexity index is 767. The molecule has 2 N–H and O–H groups in total. The lowest BCUT2D eigenvalue weighted by Crippen LogP contribution is -2.18. The molecule has 0 bridgehead atoms. The molecule has 106 valence electrons. The Morgan fingerprint density at radius 2 is 1.80 bits per heavy atom. The molecule has 2 rings (SSSR count). The predicted octanol–water partition coefficient (Wildman–Crippen LogP) is 1.69. The Balaban J connectivity index is 2.40. The number of hydrogen-bond donors (Lipinski definition) is 2. The van der Waals surface area contributed by atoms with E-state index in [4.69, 9.17) is 11.6 Å². The number of alkyl halides is 1. The average molecular weight is 313 g/mol. The zero-order valence-corrected chi connectivity index (χ0v) is 12.3. The van der Waals surface area contributed by atoms with Crippen molar-refractivity contribution in [2.75, 3.05) is 7.05 Å². The Hall–Kier alpha value is -1.63. The molecule has 1 aromatic heterocycles. The van der Waals surface area contributed by atoms with Gasteiger partial charge >= 0.3 is 0 Å². The highest BCUT2D eigenvalue weighted by Crippen LogP contribution is 2.18. The van der Waals surface area contributed by atoms with E-state index < -0.39 is 10.0 Å². The summed E-state index contributed by atoms with van der Waals surface area (Å²) in [6, 6.07) is 9.62. The van der Waals surface area contributed by atoms with Gasteiger partial charge in [-0.2, -0.15) is 0 Å². The summed E-state index contributed by atoms with van der Waals surface area (Å²) < 4.78 is 25.4. The van der Waals surface area contributed by atoms with Crippen molar-refractivity contribution in [3.05, 3.63) is 52.3 Å². The molecule has 0 aliphatic carbocycles. The van der Waals surface area contributed by atoms with Gasteiger partial charge in [0.2, 0.25) is 10.0 Å². The standard InChI is InChI=1S/C13H13ClN2O3S/c1-15-20(18,19)11-5-2-9(3-6-11)12-7-4-10(8-14)13(17)16-12/h2-7,15H,8H2,1H3,(H,16,17). The molecular formula is C13H13ClN2O3S. The number of hydrogen-bond acceptors (Lipinski definition) is 3. The molecule has 0 fully saturated rings. The van der Waals surface area contributed by atoms with Crippen LogP contribution in [-0.4, -0.2) is 20.4 Å². The highest BCUT2D eigenvalue weighted by molar-refractivity contribution is 7.89. The minimum Gasteiger partial charge on any atom is -0.322 e. The zero-order chi connectivity index (χ0) is 14.8. The van der Waals surface area contributed by atoms with Crippen LogP contribution in [-0.2, 0) is 15.9 Å². The van der Waals surface area contributed by atoms with E-state index in [0.717, 1.165) is 5.56 Å². The summed E-state index contributed by atoms with van der Waals surface area (Å²) >= 11 is 5.62. The average Bonchev–Trinajstić information content (AvgIpc) is 2.47. The van der Waals surface area contributed by atoms with E-state index >= 15 is 0 Å². The molecule has 2 aromatic rings. The van der Waals surface area contributed by atoms with Crippen LogP contribution in [0.2, 0.25) is 0 Å². The molecule has 7 heteroatoms. The summed E-state index contributed by atoms with van der Waals surface area (Å²) in [5, 5.41) is 0. The molecule has 0 aliphatic rings. The summed E-state index contributed by atoms with van der Waals surface area (Å²) in [4.78, 5) is 14.6. The van der Waals surface area contributed by atoms with E-state index in [0.29, 0.717) is 11.3 Å².